The largest absolute Gasteiger partial charge is 0.288 e. The van der Waals surface area contributed by atoms with E-state index in [4.69, 9.17) is 16.8 Å². The molecule has 1 amide bonds. The van der Waals surface area contributed by atoms with E-state index in [1.54, 1.807) is 60.1 Å². The lowest BCUT2D eigenvalue weighted by atomic mass is 10.0. The molecule has 0 unspecified atom stereocenters. The second-order valence-electron chi connectivity index (χ2n) is 5.66. The molecule has 0 fully saturated rings. The molecule has 0 atom stereocenters. The Morgan fingerprint density at radius 1 is 0.889 bits per heavy atom. The van der Waals surface area contributed by atoms with Crippen LogP contribution in [0.2, 0.25) is 5.02 Å². The summed E-state index contributed by atoms with van der Waals surface area (Å²) < 4.78 is 27.6. The molecule has 0 aliphatic rings. The molecule has 3 aromatic rings. The van der Waals surface area contributed by atoms with Crippen molar-refractivity contribution in [1.82, 2.24) is 5.48 Å². The van der Waals surface area contributed by atoms with E-state index < -0.39 is 15.9 Å². The minimum Gasteiger partial charge on any atom is -0.288 e. The van der Waals surface area contributed by atoms with Gasteiger partial charge in [0.25, 0.3) is 15.9 Å². The van der Waals surface area contributed by atoms with Gasteiger partial charge in [0, 0.05) is 16.3 Å². The first-order valence-electron chi connectivity index (χ1n) is 7.82. The summed E-state index contributed by atoms with van der Waals surface area (Å²) in [6.45, 7) is 0. The molecule has 138 valence electrons. The molecule has 0 aliphatic heterocycles. The summed E-state index contributed by atoms with van der Waals surface area (Å²) in [6.07, 6.45) is 0. The van der Waals surface area contributed by atoms with Crippen LogP contribution in [0.15, 0.2) is 77.7 Å². The van der Waals surface area contributed by atoms with Crippen LogP contribution in [0.3, 0.4) is 0 Å². The van der Waals surface area contributed by atoms with Gasteiger partial charge in [0.2, 0.25) is 0 Å². The molecule has 3 aromatic carbocycles. The van der Waals surface area contributed by atoms with E-state index in [-0.39, 0.29) is 4.90 Å². The number of hydroxylamine groups is 1. The summed E-state index contributed by atoms with van der Waals surface area (Å²) in [5.41, 5.74) is 3.81. The predicted molar refractivity (Wildman–Crippen MR) is 103 cm³/mol. The topological polar surface area (TPSA) is 95.5 Å². The molecule has 3 N–H and O–H groups in total. The van der Waals surface area contributed by atoms with Gasteiger partial charge < -0.3 is 0 Å². The molecular weight excluding hydrogens is 388 g/mol. The van der Waals surface area contributed by atoms with E-state index in [1.807, 2.05) is 6.07 Å². The highest BCUT2D eigenvalue weighted by Crippen LogP contribution is 2.25. The fourth-order valence-corrected chi connectivity index (χ4v) is 3.84. The number of carbonyl (C=O) groups is 1. The molecule has 0 saturated heterocycles. The van der Waals surface area contributed by atoms with Crippen molar-refractivity contribution in [3.8, 4) is 11.1 Å². The Kier molecular flexibility index (Phi) is 5.46. The molecule has 0 bridgehead atoms. The van der Waals surface area contributed by atoms with Gasteiger partial charge in [-0.25, -0.2) is 13.9 Å². The molecule has 8 heteroatoms. The molecule has 0 saturated carbocycles. The highest BCUT2D eigenvalue weighted by molar-refractivity contribution is 7.92. The van der Waals surface area contributed by atoms with Gasteiger partial charge in [-0.3, -0.25) is 14.7 Å². The molecule has 6 nitrogen and oxygen atoms in total. The smallest absolute Gasteiger partial charge is 0.274 e. The van der Waals surface area contributed by atoms with Crippen molar-refractivity contribution in [3.63, 3.8) is 0 Å². The normalized spacial score (nSPS) is 11.0. The quantitative estimate of drug-likeness (QED) is 0.445. The Labute approximate surface area is 161 Å². The number of amides is 1. The Balaban J connectivity index is 1.86. The van der Waals surface area contributed by atoms with Crippen LogP contribution in [-0.2, 0) is 10.0 Å². The average Bonchev–Trinajstić information content (AvgIpc) is 2.67. The summed E-state index contributed by atoms with van der Waals surface area (Å²) in [6, 6.07) is 19.4. The molecular formula is C19H15ClN2O4S. The van der Waals surface area contributed by atoms with Gasteiger partial charge in [0.05, 0.1) is 4.90 Å². The zero-order chi connectivity index (χ0) is 19.4. The van der Waals surface area contributed by atoms with Gasteiger partial charge >= 0.3 is 0 Å². The third kappa shape index (κ3) is 4.46. The highest BCUT2D eigenvalue weighted by atomic mass is 35.5. The molecule has 0 aliphatic carbocycles. The maximum Gasteiger partial charge on any atom is 0.274 e. The minimum absolute atomic E-state index is 0.0692. The molecule has 0 heterocycles. The van der Waals surface area contributed by atoms with Crippen molar-refractivity contribution < 1.29 is 18.4 Å². The molecule has 0 radical (unpaired) electrons. The fraction of sp³-hybridized carbons (Fsp3) is 0. The number of rotatable bonds is 5. The zero-order valence-corrected chi connectivity index (χ0v) is 15.5. The summed E-state index contributed by atoms with van der Waals surface area (Å²) >= 11 is 5.87. The third-order valence-electron chi connectivity index (χ3n) is 3.80. The minimum atomic E-state index is -3.77. The van der Waals surface area contributed by atoms with Crippen LogP contribution in [0.1, 0.15) is 10.4 Å². The van der Waals surface area contributed by atoms with Gasteiger partial charge in [-0.15, -0.1) is 0 Å². The molecule has 3 rings (SSSR count). The number of sulfonamides is 1. The van der Waals surface area contributed by atoms with E-state index in [9.17, 15) is 13.2 Å². The average molecular weight is 403 g/mol. The standard InChI is InChI=1S/C19H15ClN2O4S/c20-16-4-2-6-18(12-16)27(25,26)22-17-5-1-3-15(11-17)13-7-9-14(10-8-13)19(23)21-24/h1-12,22,24H,(H,21,23). The summed E-state index contributed by atoms with van der Waals surface area (Å²) in [5, 5.41) is 8.99. The van der Waals surface area contributed by atoms with Crippen LogP contribution in [0.4, 0.5) is 5.69 Å². The number of halogens is 1. The second kappa shape index (κ2) is 7.79. The first-order chi connectivity index (χ1) is 12.9. The molecule has 0 spiro atoms. The van der Waals surface area contributed by atoms with Crippen LogP contribution in [0.5, 0.6) is 0 Å². The van der Waals surface area contributed by atoms with Crippen molar-refractivity contribution in [2.45, 2.75) is 4.90 Å². The lowest BCUT2D eigenvalue weighted by molar-refractivity contribution is 0.0706. The van der Waals surface area contributed by atoms with Crippen LogP contribution < -0.4 is 10.2 Å². The van der Waals surface area contributed by atoms with Crippen molar-refractivity contribution in [2.24, 2.45) is 0 Å². The number of carbonyl (C=O) groups excluding carboxylic acids is 1. The zero-order valence-electron chi connectivity index (χ0n) is 13.9. The maximum absolute atomic E-state index is 12.5. The van der Waals surface area contributed by atoms with Gasteiger partial charge in [0.1, 0.15) is 0 Å². The van der Waals surface area contributed by atoms with Crippen LogP contribution in [-0.4, -0.2) is 19.5 Å². The van der Waals surface area contributed by atoms with Crippen molar-refractivity contribution in [1.29, 1.82) is 0 Å². The lowest BCUT2D eigenvalue weighted by Crippen LogP contribution is -2.18. The number of anilines is 1. The van der Waals surface area contributed by atoms with Crippen molar-refractivity contribution >= 4 is 33.2 Å². The number of benzene rings is 3. The number of nitrogens with one attached hydrogen (secondary N) is 2. The Bertz CT molecular complexity index is 1080. The summed E-state index contributed by atoms with van der Waals surface area (Å²) in [7, 11) is -3.77. The predicted octanol–water partition coefficient (Wildman–Crippen LogP) is 3.93. The van der Waals surface area contributed by atoms with Crippen LogP contribution >= 0.6 is 11.6 Å². The Morgan fingerprint density at radius 2 is 1.59 bits per heavy atom. The van der Waals surface area contributed by atoms with Gasteiger partial charge in [-0.1, -0.05) is 41.9 Å². The monoisotopic (exact) mass is 402 g/mol. The number of hydrogen-bond donors (Lipinski definition) is 3. The lowest BCUT2D eigenvalue weighted by Gasteiger charge is -2.10. The highest BCUT2D eigenvalue weighted by Gasteiger charge is 2.15. The van der Waals surface area contributed by atoms with Crippen molar-refractivity contribution in [3.05, 3.63) is 83.4 Å². The summed E-state index contributed by atoms with van der Waals surface area (Å²) in [5.74, 6) is -0.607. The van der Waals surface area contributed by atoms with E-state index in [1.165, 1.54) is 12.1 Å². The fourth-order valence-electron chi connectivity index (χ4n) is 2.49. The first-order valence-corrected chi connectivity index (χ1v) is 9.68. The molecule has 27 heavy (non-hydrogen) atoms. The van der Waals surface area contributed by atoms with E-state index in [2.05, 4.69) is 4.72 Å². The van der Waals surface area contributed by atoms with Gasteiger partial charge in [-0.2, -0.15) is 0 Å². The summed E-state index contributed by atoms with van der Waals surface area (Å²) in [4.78, 5) is 11.5. The van der Waals surface area contributed by atoms with E-state index >= 15 is 0 Å². The van der Waals surface area contributed by atoms with Gasteiger partial charge in [0.15, 0.2) is 0 Å². The second-order valence-corrected chi connectivity index (χ2v) is 7.78. The van der Waals surface area contributed by atoms with E-state index in [0.29, 0.717) is 16.3 Å². The number of hydrogen-bond acceptors (Lipinski definition) is 4. The SMILES string of the molecule is O=C(NO)c1ccc(-c2cccc(NS(=O)(=O)c3cccc(Cl)c3)c2)cc1. The van der Waals surface area contributed by atoms with Crippen LogP contribution in [0, 0.1) is 0 Å². The first kappa shape index (κ1) is 18.9. The van der Waals surface area contributed by atoms with Crippen LogP contribution in [0.25, 0.3) is 11.1 Å². The molecule has 0 aromatic heterocycles. The van der Waals surface area contributed by atoms with E-state index in [0.717, 1.165) is 11.1 Å². The third-order valence-corrected chi connectivity index (χ3v) is 5.42. The Morgan fingerprint density at radius 3 is 2.26 bits per heavy atom. The van der Waals surface area contributed by atoms with Crippen molar-refractivity contribution in [2.75, 3.05) is 4.72 Å². The van der Waals surface area contributed by atoms with Gasteiger partial charge in [-0.05, 0) is 53.6 Å². The maximum atomic E-state index is 12.5. The Hall–Kier alpha value is -2.87.